The van der Waals surface area contributed by atoms with Gasteiger partial charge in [-0.15, -0.1) is 0 Å². The van der Waals surface area contributed by atoms with Crippen molar-refractivity contribution in [1.29, 1.82) is 0 Å². The van der Waals surface area contributed by atoms with Gasteiger partial charge in [-0.3, -0.25) is 4.98 Å². The van der Waals surface area contributed by atoms with Crippen LogP contribution in [0.15, 0.2) is 47.6 Å². The largest absolute Gasteiger partial charge is 0.397 e. The average molecular weight is 289 g/mol. The summed E-state index contributed by atoms with van der Waals surface area (Å²) < 4.78 is 25.9. The second kappa shape index (κ2) is 4.88. The molecule has 2 N–H and O–H groups in total. The Labute approximate surface area is 118 Å². The summed E-state index contributed by atoms with van der Waals surface area (Å²) in [7, 11) is -3.32. The maximum atomic E-state index is 12.2. The van der Waals surface area contributed by atoms with Crippen LogP contribution in [-0.4, -0.2) is 30.8 Å². The Morgan fingerprint density at radius 3 is 2.35 bits per heavy atom. The number of nitrogens with zero attached hydrogens (tertiary/aromatic N) is 2. The molecule has 1 aliphatic heterocycles. The Morgan fingerprint density at radius 2 is 1.80 bits per heavy atom. The third-order valence-electron chi connectivity index (χ3n) is 3.47. The van der Waals surface area contributed by atoms with Gasteiger partial charge in [0.2, 0.25) is 10.0 Å². The predicted octanol–water partition coefficient (Wildman–Crippen LogP) is 1.73. The van der Waals surface area contributed by atoms with Crippen LogP contribution < -0.4 is 5.73 Å². The molecule has 0 amide bonds. The van der Waals surface area contributed by atoms with Crippen molar-refractivity contribution in [2.75, 3.05) is 18.8 Å². The molecule has 3 rings (SSSR count). The van der Waals surface area contributed by atoms with E-state index in [4.69, 9.17) is 5.73 Å². The second-order valence-electron chi connectivity index (χ2n) is 4.74. The van der Waals surface area contributed by atoms with Crippen LogP contribution in [0.2, 0.25) is 0 Å². The fraction of sp³-hybridized carbons (Fsp3) is 0.214. The Hall–Kier alpha value is -1.92. The zero-order chi connectivity index (χ0) is 14.2. The van der Waals surface area contributed by atoms with Gasteiger partial charge in [0.25, 0.3) is 0 Å². The molecular weight excluding hydrogens is 274 g/mol. The number of nitrogen functional groups attached to an aromatic ring is 1. The zero-order valence-corrected chi connectivity index (χ0v) is 11.7. The molecule has 1 aromatic carbocycles. The molecule has 0 radical (unpaired) electrons. The van der Waals surface area contributed by atoms with Crippen LogP contribution >= 0.6 is 0 Å². The highest BCUT2D eigenvalue weighted by atomic mass is 32.2. The molecule has 1 aromatic heterocycles. The molecule has 20 heavy (non-hydrogen) atoms. The van der Waals surface area contributed by atoms with Gasteiger partial charge in [-0.05, 0) is 30.2 Å². The third kappa shape index (κ3) is 2.17. The van der Waals surface area contributed by atoms with Crippen LogP contribution in [-0.2, 0) is 10.0 Å². The molecule has 104 valence electrons. The van der Waals surface area contributed by atoms with Crippen molar-refractivity contribution in [1.82, 2.24) is 9.29 Å². The van der Waals surface area contributed by atoms with E-state index in [1.54, 1.807) is 36.7 Å². The van der Waals surface area contributed by atoms with Crippen molar-refractivity contribution in [2.45, 2.75) is 11.3 Å². The first-order chi connectivity index (χ1) is 9.59. The third-order valence-corrected chi connectivity index (χ3v) is 5.38. The quantitative estimate of drug-likeness (QED) is 0.933. The van der Waals surface area contributed by atoms with Crippen LogP contribution in [0.5, 0.6) is 0 Å². The van der Waals surface area contributed by atoms with E-state index in [1.807, 2.05) is 6.07 Å². The maximum Gasteiger partial charge on any atom is 0.243 e. The number of sulfonamides is 1. The Morgan fingerprint density at radius 1 is 1.10 bits per heavy atom. The van der Waals surface area contributed by atoms with Gasteiger partial charge in [0.15, 0.2) is 0 Å². The van der Waals surface area contributed by atoms with Crippen molar-refractivity contribution in [3.05, 3.63) is 42.7 Å². The van der Waals surface area contributed by atoms with Gasteiger partial charge < -0.3 is 5.73 Å². The second-order valence-corrected chi connectivity index (χ2v) is 6.68. The van der Waals surface area contributed by atoms with Crippen molar-refractivity contribution >= 4 is 15.7 Å². The number of anilines is 1. The summed E-state index contributed by atoms with van der Waals surface area (Å²) in [6.07, 6.45) is 4.18. The predicted molar refractivity (Wildman–Crippen MR) is 77.5 cm³/mol. The van der Waals surface area contributed by atoms with E-state index in [9.17, 15) is 8.42 Å². The number of benzene rings is 1. The molecular formula is C14H15N3O2S. The minimum Gasteiger partial charge on any atom is -0.397 e. The fourth-order valence-electron chi connectivity index (χ4n) is 2.15. The molecule has 1 saturated heterocycles. The van der Waals surface area contributed by atoms with Crippen LogP contribution in [0.4, 0.5) is 5.69 Å². The summed E-state index contributed by atoms with van der Waals surface area (Å²) in [5.41, 5.74) is 8.18. The van der Waals surface area contributed by atoms with Gasteiger partial charge in [-0.25, -0.2) is 8.42 Å². The van der Waals surface area contributed by atoms with Gasteiger partial charge in [-0.1, -0.05) is 12.1 Å². The number of aromatic nitrogens is 1. The molecule has 0 bridgehead atoms. The normalized spacial score (nSPS) is 15.8. The van der Waals surface area contributed by atoms with E-state index < -0.39 is 10.0 Å². The summed E-state index contributed by atoms with van der Waals surface area (Å²) in [5.74, 6) is 0. The molecule has 0 aliphatic carbocycles. The lowest BCUT2D eigenvalue weighted by molar-refractivity contribution is 0.309. The SMILES string of the molecule is Nc1cnccc1-c1ccc(S(=O)(=O)N2CCC2)cc1. The molecule has 0 saturated carbocycles. The lowest BCUT2D eigenvalue weighted by atomic mass is 10.1. The Bertz CT molecular complexity index is 722. The standard InChI is InChI=1S/C14H15N3O2S/c15-14-10-16-7-6-13(14)11-2-4-12(5-3-11)20(18,19)17-8-1-9-17/h2-7,10H,1,8-9,15H2. The highest BCUT2D eigenvalue weighted by Gasteiger charge is 2.29. The molecule has 0 atom stereocenters. The Balaban J connectivity index is 1.94. The molecule has 2 aromatic rings. The first-order valence-electron chi connectivity index (χ1n) is 6.39. The minimum atomic E-state index is -3.32. The first kappa shape index (κ1) is 13.1. The lowest BCUT2D eigenvalue weighted by Crippen LogP contribution is -2.41. The van der Waals surface area contributed by atoms with Crippen molar-refractivity contribution in [3.8, 4) is 11.1 Å². The number of hydrogen-bond donors (Lipinski definition) is 1. The van der Waals surface area contributed by atoms with E-state index in [1.165, 1.54) is 4.31 Å². The minimum absolute atomic E-state index is 0.327. The van der Waals surface area contributed by atoms with Gasteiger partial charge >= 0.3 is 0 Å². The van der Waals surface area contributed by atoms with Crippen LogP contribution in [0.1, 0.15) is 6.42 Å². The molecule has 0 unspecified atom stereocenters. The van der Waals surface area contributed by atoms with E-state index in [2.05, 4.69) is 4.98 Å². The van der Waals surface area contributed by atoms with Crippen LogP contribution in [0.3, 0.4) is 0 Å². The van der Waals surface area contributed by atoms with Crippen molar-refractivity contribution in [3.63, 3.8) is 0 Å². The number of hydrogen-bond acceptors (Lipinski definition) is 4. The summed E-state index contributed by atoms with van der Waals surface area (Å²) in [5, 5.41) is 0. The van der Waals surface area contributed by atoms with Crippen molar-refractivity contribution < 1.29 is 8.42 Å². The number of rotatable bonds is 3. The van der Waals surface area contributed by atoms with Gasteiger partial charge in [0, 0.05) is 24.8 Å². The maximum absolute atomic E-state index is 12.2. The Kier molecular flexibility index (Phi) is 3.19. The average Bonchev–Trinajstić information content (AvgIpc) is 2.37. The van der Waals surface area contributed by atoms with E-state index in [0.29, 0.717) is 23.7 Å². The number of nitrogens with two attached hydrogens (primary N) is 1. The molecule has 6 heteroatoms. The van der Waals surface area contributed by atoms with Crippen LogP contribution in [0, 0.1) is 0 Å². The molecule has 2 heterocycles. The van der Waals surface area contributed by atoms with Crippen molar-refractivity contribution in [2.24, 2.45) is 0 Å². The highest BCUT2D eigenvalue weighted by Crippen LogP contribution is 2.27. The summed E-state index contributed by atoms with van der Waals surface area (Å²) >= 11 is 0. The monoisotopic (exact) mass is 289 g/mol. The first-order valence-corrected chi connectivity index (χ1v) is 7.83. The highest BCUT2D eigenvalue weighted by molar-refractivity contribution is 7.89. The van der Waals surface area contributed by atoms with Crippen LogP contribution in [0.25, 0.3) is 11.1 Å². The molecule has 0 spiro atoms. The van der Waals surface area contributed by atoms with E-state index >= 15 is 0 Å². The summed E-state index contributed by atoms with van der Waals surface area (Å²) in [6.45, 7) is 1.22. The smallest absolute Gasteiger partial charge is 0.243 e. The molecule has 1 aliphatic rings. The lowest BCUT2D eigenvalue weighted by Gasteiger charge is -2.29. The van der Waals surface area contributed by atoms with E-state index in [-0.39, 0.29) is 0 Å². The fourth-order valence-corrected chi connectivity index (χ4v) is 3.67. The molecule has 1 fully saturated rings. The van der Waals surface area contributed by atoms with Gasteiger partial charge in [-0.2, -0.15) is 4.31 Å². The summed E-state index contributed by atoms with van der Waals surface area (Å²) in [6, 6.07) is 8.62. The van der Waals surface area contributed by atoms with Gasteiger partial charge in [0.05, 0.1) is 16.8 Å². The zero-order valence-electron chi connectivity index (χ0n) is 10.9. The summed E-state index contributed by atoms with van der Waals surface area (Å²) in [4.78, 5) is 4.27. The molecule has 5 nitrogen and oxygen atoms in total. The van der Waals surface area contributed by atoms with Gasteiger partial charge in [0.1, 0.15) is 0 Å². The number of pyridine rings is 1. The topological polar surface area (TPSA) is 76.3 Å². The van der Waals surface area contributed by atoms with E-state index in [0.717, 1.165) is 17.5 Å².